The number of benzene rings is 2. The van der Waals surface area contributed by atoms with Gasteiger partial charge in [0.05, 0.1) is 33.9 Å². The molecule has 2 N–H and O–H groups in total. The second-order valence-corrected chi connectivity index (χ2v) is 13.2. The molecule has 0 radical (unpaired) electrons. The number of hydrogen-bond acceptors (Lipinski definition) is 10. The summed E-state index contributed by atoms with van der Waals surface area (Å²) in [4.78, 5) is 50.3. The number of nitrogens with two attached hydrogens (primary N) is 1. The third kappa shape index (κ3) is 6.13. The third-order valence-electron chi connectivity index (χ3n) is 8.81. The predicted octanol–water partition coefficient (Wildman–Crippen LogP) is 5.19. The second-order valence-electron chi connectivity index (χ2n) is 12.1. The van der Waals surface area contributed by atoms with Crippen LogP contribution in [0.4, 0.5) is 17.5 Å². The number of aryl methyl sites for hydroxylation is 1. The highest BCUT2D eigenvalue weighted by molar-refractivity contribution is 7.21. The molecular formula is C35H36N8O3S. The number of aromatic nitrogens is 4. The molecule has 0 saturated carbocycles. The Morgan fingerprint density at radius 2 is 1.72 bits per heavy atom. The Morgan fingerprint density at radius 1 is 1.00 bits per heavy atom. The maximum Gasteiger partial charge on any atom is 0.264 e. The normalized spacial score (nSPS) is 16.3. The molecule has 47 heavy (non-hydrogen) atoms. The molecule has 0 unspecified atom stereocenters. The van der Waals surface area contributed by atoms with E-state index in [0.717, 1.165) is 45.7 Å². The first kappa shape index (κ1) is 30.7. The molecule has 0 aliphatic carbocycles. The van der Waals surface area contributed by atoms with Gasteiger partial charge in [-0.25, -0.2) is 19.9 Å². The van der Waals surface area contributed by atoms with E-state index in [1.165, 1.54) is 16.9 Å². The molecule has 240 valence electrons. The quantitative estimate of drug-likeness (QED) is 0.264. The van der Waals surface area contributed by atoms with Crippen LogP contribution in [0.5, 0.6) is 0 Å². The van der Waals surface area contributed by atoms with Gasteiger partial charge < -0.3 is 25.2 Å². The first-order valence-corrected chi connectivity index (χ1v) is 16.6. The number of hydrogen-bond donors (Lipinski definition) is 1. The number of morpholine rings is 1. The van der Waals surface area contributed by atoms with Gasteiger partial charge in [0.15, 0.2) is 11.6 Å². The fourth-order valence-corrected chi connectivity index (χ4v) is 7.45. The molecule has 2 aliphatic rings. The summed E-state index contributed by atoms with van der Waals surface area (Å²) in [6.07, 6.45) is 5.12. The van der Waals surface area contributed by atoms with Gasteiger partial charge in [-0.3, -0.25) is 9.59 Å². The van der Waals surface area contributed by atoms with Crippen molar-refractivity contribution in [1.29, 1.82) is 0 Å². The average Bonchev–Trinajstić information content (AvgIpc) is 3.52. The van der Waals surface area contributed by atoms with Crippen molar-refractivity contribution in [3.63, 3.8) is 0 Å². The lowest BCUT2D eigenvalue weighted by atomic mass is 9.93. The van der Waals surface area contributed by atoms with Gasteiger partial charge in [-0.1, -0.05) is 30.3 Å². The highest BCUT2D eigenvalue weighted by atomic mass is 32.1. The summed E-state index contributed by atoms with van der Waals surface area (Å²) >= 11 is 1.41. The van der Waals surface area contributed by atoms with Crippen LogP contribution in [-0.2, 0) is 22.5 Å². The lowest BCUT2D eigenvalue weighted by molar-refractivity contribution is -0.117. The van der Waals surface area contributed by atoms with E-state index in [0.29, 0.717) is 54.6 Å². The molecule has 2 aromatic carbocycles. The minimum atomic E-state index is -0.0821. The smallest absolute Gasteiger partial charge is 0.264 e. The third-order valence-corrected chi connectivity index (χ3v) is 9.92. The number of carbonyl (C=O) groups is 2. The number of carbonyl (C=O) groups excluding carboxylic acids is 2. The summed E-state index contributed by atoms with van der Waals surface area (Å²) in [5, 5.41) is 0. The van der Waals surface area contributed by atoms with E-state index in [1.54, 1.807) is 24.2 Å². The zero-order chi connectivity index (χ0) is 32.7. The Kier molecular flexibility index (Phi) is 8.29. The Bertz CT molecular complexity index is 1950. The molecule has 0 bridgehead atoms. The molecule has 7 rings (SSSR count). The standard InChI is InChI=1S/C35H36N8O3S/c1-21-4-7-26-16-25(10-11-29(26)43(21)22(2)44)24-8-5-23(6-9-24)20-41(3)34(45)30-17-28-31(47-30)33(42-12-14-46-15-13-42)40-32(39-28)27-18-37-35(36)38-19-27/h5-6,8-11,16-19,21H,4,7,12-15,20H2,1-3H3,(H2,36,37,38)/t21-/m0/s1. The summed E-state index contributed by atoms with van der Waals surface area (Å²) in [5.41, 5.74) is 12.5. The van der Waals surface area contributed by atoms with E-state index in [4.69, 9.17) is 20.4 Å². The molecule has 2 amide bonds. The maximum atomic E-state index is 13.7. The van der Waals surface area contributed by atoms with E-state index in [-0.39, 0.29) is 23.8 Å². The molecule has 2 aliphatic heterocycles. The minimum absolute atomic E-state index is 0.0772. The number of nitrogen functional groups attached to an aromatic ring is 1. The molecule has 1 atom stereocenters. The molecule has 0 spiro atoms. The fraction of sp³-hybridized carbons (Fsp3) is 0.314. The van der Waals surface area contributed by atoms with Gasteiger partial charge in [-0.05, 0) is 60.2 Å². The molecule has 5 heterocycles. The number of ether oxygens (including phenoxy) is 1. The lowest BCUT2D eigenvalue weighted by Crippen LogP contribution is -2.40. The Morgan fingerprint density at radius 3 is 2.45 bits per heavy atom. The van der Waals surface area contributed by atoms with Gasteiger partial charge in [0, 0.05) is 57.7 Å². The SMILES string of the molecule is CC(=O)N1c2ccc(-c3ccc(CN(C)C(=O)c4cc5nc(-c6cnc(N)nc6)nc(N6CCOCC6)c5s4)cc3)cc2CC[C@@H]1C. The van der Waals surface area contributed by atoms with E-state index >= 15 is 0 Å². The molecule has 11 nitrogen and oxygen atoms in total. The number of rotatable bonds is 6. The Balaban J connectivity index is 1.11. The predicted molar refractivity (Wildman–Crippen MR) is 185 cm³/mol. The van der Waals surface area contributed by atoms with Crippen molar-refractivity contribution >= 4 is 50.8 Å². The van der Waals surface area contributed by atoms with Crippen LogP contribution in [0, 0.1) is 0 Å². The van der Waals surface area contributed by atoms with Crippen LogP contribution in [0.3, 0.4) is 0 Å². The molecule has 1 saturated heterocycles. The largest absolute Gasteiger partial charge is 0.378 e. The first-order valence-electron chi connectivity index (χ1n) is 15.7. The zero-order valence-corrected chi connectivity index (χ0v) is 27.5. The van der Waals surface area contributed by atoms with Gasteiger partial charge >= 0.3 is 0 Å². The van der Waals surface area contributed by atoms with Crippen LogP contribution in [-0.4, -0.2) is 76.0 Å². The minimum Gasteiger partial charge on any atom is -0.378 e. The number of amides is 2. The summed E-state index contributed by atoms with van der Waals surface area (Å²) < 4.78 is 6.43. The summed E-state index contributed by atoms with van der Waals surface area (Å²) in [5.74, 6) is 1.43. The van der Waals surface area contributed by atoms with Crippen LogP contribution in [0.1, 0.15) is 41.1 Å². The van der Waals surface area contributed by atoms with Gasteiger partial charge in [-0.15, -0.1) is 11.3 Å². The molecular weight excluding hydrogens is 613 g/mol. The van der Waals surface area contributed by atoms with Crippen molar-refractivity contribution in [3.05, 3.63) is 76.9 Å². The summed E-state index contributed by atoms with van der Waals surface area (Å²) in [7, 11) is 1.82. The summed E-state index contributed by atoms with van der Waals surface area (Å²) in [6.45, 7) is 6.80. The number of fused-ring (bicyclic) bond motifs is 2. The van der Waals surface area contributed by atoms with Crippen molar-refractivity contribution in [2.24, 2.45) is 0 Å². The van der Waals surface area contributed by atoms with Crippen LogP contribution in [0.2, 0.25) is 0 Å². The maximum absolute atomic E-state index is 13.7. The van der Waals surface area contributed by atoms with E-state index in [2.05, 4.69) is 64.3 Å². The van der Waals surface area contributed by atoms with E-state index < -0.39 is 0 Å². The fourth-order valence-electron chi connectivity index (χ4n) is 6.34. The van der Waals surface area contributed by atoms with Crippen molar-refractivity contribution in [2.75, 3.05) is 48.9 Å². The second kappa shape index (κ2) is 12.7. The van der Waals surface area contributed by atoms with Gasteiger partial charge in [0.1, 0.15) is 0 Å². The summed E-state index contributed by atoms with van der Waals surface area (Å²) in [6, 6.07) is 16.7. The van der Waals surface area contributed by atoms with Crippen molar-refractivity contribution < 1.29 is 14.3 Å². The van der Waals surface area contributed by atoms with Gasteiger partial charge in [0.2, 0.25) is 11.9 Å². The monoisotopic (exact) mass is 648 g/mol. The van der Waals surface area contributed by atoms with E-state index in [1.807, 2.05) is 18.0 Å². The van der Waals surface area contributed by atoms with Crippen LogP contribution in [0.15, 0.2) is 60.9 Å². The Labute approximate surface area is 277 Å². The van der Waals surface area contributed by atoms with Crippen molar-refractivity contribution in [3.8, 4) is 22.5 Å². The molecule has 3 aromatic heterocycles. The van der Waals surface area contributed by atoms with Gasteiger partial charge in [-0.2, -0.15) is 0 Å². The van der Waals surface area contributed by atoms with Crippen LogP contribution < -0.4 is 15.5 Å². The number of anilines is 3. The number of thiophene rings is 1. The highest BCUT2D eigenvalue weighted by Crippen LogP contribution is 2.36. The molecule has 5 aromatic rings. The molecule has 12 heteroatoms. The topological polar surface area (TPSA) is 131 Å². The zero-order valence-electron chi connectivity index (χ0n) is 26.6. The average molecular weight is 649 g/mol. The van der Waals surface area contributed by atoms with E-state index in [9.17, 15) is 9.59 Å². The van der Waals surface area contributed by atoms with Crippen molar-refractivity contribution in [1.82, 2.24) is 24.8 Å². The van der Waals surface area contributed by atoms with Crippen LogP contribution >= 0.6 is 11.3 Å². The highest BCUT2D eigenvalue weighted by Gasteiger charge is 2.27. The first-order chi connectivity index (χ1) is 22.7. The van der Waals surface area contributed by atoms with Crippen molar-refractivity contribution in [2.45, 2.75) is 39.3 Å². The Hall–Kier alpha value is -4.94. The van der Waals surface area contributed by atoms with Gasteiger partial charge in [0.25, 0.3) is 5.91 Å². The number of nitrogens with zero attached hydrogens (tertiary/aromatic N) is 7. The molecule has 1 fully saturated rings. The lowest BCUT2D eigenvalue weighted by Gasteiger charge is -2.34. The van der Waals surface area contributed by atoms with Crippen LogP contribution in [0.25, 0.3) is 32.7 Å².